The highest BCUT2D eigenvalue weighted by atomic mass is 16.7. The van der Waals surface area contributed by atoms with Gasteiger partial charge in [-0.15, -0.1) is 0 Å². The van der Waals surface area contributed by atoms with Gasteiger partial charge in [0.2, 0.25) is 5.91 Å². The van der Waals surface area contributed by atoms with Gasteiger partial charge in [-0.05, 0) is 45.2 Å². The van der Waals surface area contributed by atoms with Crippen molar-refractivity contribution in [2.24, 2.45) is 28.7 Å². The molecular weight excluding hydrogens is 666 g/mol. The van der Waals surface area contributed by atoms with Crippen molar-refractivity contribution in [3.8, 4) is 0 Å². The van der Waals surface area contributed by atoms with Crippen LogP contribution in [0.5, 0.6) is 0 Å². The summed E-state index contributed by atoms with van der Waals surface area (Å²) >= 11 is 0. The smallest absolute Gasteiger partial charge is 0.222 e. The van der Waals surface area contributed by atoms with Crippen LogP contribution in [-0.4, -0.2) is 178 Å². The van der Waals surface area contributed by atoms with Crippen molar-refractivity contribution in [3.63, 3.8) is 0 Å². The average molecular weight is 730 g/mol. The van der Waals surface area contributed by atoms with Crippen LogP contribution in [-0.2, 0) is 23.7 Å². The number of nitrogens with one attached hydrogen (secondary N) is 2. The molecule has 20 N–H and O–H groups in total. The summed E-state index contributed by atoms with van der Waals surface area (Å²) in [5.74, 6) is -0.224. The molecule has 20 heteroatoms. The van der Waals surface area contributed by atoms with Crippen LogP contribution in [0.15, 0.2) is 0 Å². The van der Waals surface area contributed by atoms with Gasteiger partial charge in [-0.25, -0.2) is 0 Å². The highest BCUT2D eigenvalue weighted by Gasteiger charge is 2.41. The van der Waals surface area contributed by atoms with E-state index in [1.165, 1.54) is 0 Å². The molecule has 4 aliphatic rings. The Labute approximate surface area is 292 Å². The molecule has 0 aromatic carbocycles. The SMILES string of the molecule is NCC(O)CC(=O)NC1CC(N)CC(OC2CCC(CO)O2)C1.NCCCNCC1O[C@H](O)CC(O)[C@@H]1O.NC[C@@H]1O[C@H](O)[C@H](N)C(O)[C@@H]1O. The van der Waals surface area contributed by atoms with Crippen molar-refractivity contribution in [1.29, 1.82) is 0 Å². The number of aliphatic hydroxyl groups is 8. The topological polar surface area (TPSA) is 370 Å². The summed E-state index contributed by atoms with van der Waals surface area (Å²) in [4.78, 5) is 11.9. The van der Waals surface area contributed by atoms with E-state index in [-0.39, 0.29) is 69.0 Å². The summed E-state index contributed by atoms with van der Waals surface area (Å²) < 4.78 is 21.4. The third-order valence-electron chi connectivity index (χ3n) is 8.83. The number of carbonyl (C=O) groups is 1. The van der Waals surface area contributed by atoms with Crippen molar-refractivity contribution in [1.82, 2.24) is 10.6 Å². The predicted molar refractivity (Wildman–Crippen MR) is 177 cm³/mol. The fourth-order valence-electron chi connectivity index (χ4n) is 5.98. The number of aliphatic hydroxyl groups excluding tert-OH is 8. The molecule has 0 aromatic heterocycles. The number of hydrogen-bond donors (Lipinski definition) is 15. The molecule has 1 aliphatic carbocycles. The Morgan fingerprint density at radius 1 is 0.880 bits per heavy atom. The zero-order valence-electron chi connectivity index (χ0n) is 28.6. The van der Waals surface area contributed by atoms with E-state index < -0.39 is 61.3 Å². The van der Waals surface area contributed by atoms with E-state index in [1.807, 2.05) is 0 Å². The maximum atomic E-state index is 11.9. The van der Waals surface area contributed by atoms with Gasteiger partial charge in [0.05, 0.1) is 43.5 Å². The maximum Gasteiger partial charge on any atom is 0.222 e. The van der Waals surface area contributed by atoms with Crippen molar-refractivity contribution < 1.29 is 64.6 Å². The average Bonchev–Trinajstić information content (AvgIpc) is 3.53. The van der Waals surface area contributed by atoms with Crippen molar-refractivity contribution in [2.75, 3.05) is 39.3 Å². The Bertz CT molecular complexity index is 932. The second kappa shape index (κ2) is 23.4. The predicted octanol–water partition coefficient (Wildman–Crippen LogP) is -6.96. The first-order chi connectivity index (χ1) is 23.7. The van der Waals surface area contributed by atoms with Gasteiger partial charge in [0.1, 0.15) is 30.5 Å². The standard InChI is InChI=1S/C15H29N3O5.C9H20N2O4.C6H14N2O4/c16-7-11(20)6-14(21)18-10-3-9(17)4-13(5-10)23-15-2-1-12(8-19)22-15;10-2-1-3-11-5-7-9(14)6(12)4-8(13)15-7;7-1-2-4(9)5(10)3(8)6(11)12-2/h9-13,15,19-20H,1-8,16-17H2,(H,18,21);6-9,11-14H,1-5,10H2;2-6,9-11H,1,7-8H2/t;6?,7?,8-,9-;2-,3+,4+,5?,6-/m.00/s1. The Hall–Kier alpha value is -1.25. The molecule has 50 heavy (non-hydrogen) atoms. The Balaban J connectivity index is 0.000000278. The molecule has 1 amide bonds. The van der Waals surface area contributed by atoms with Crippen LogP contribution in [0, 0.1) is 0 Å². The van der Waals surface area contributed by atoms with Crippen LogP contribution in [0.3, 0.4) is 0 Å². The summed E-state index contributed by atoms with van der Waals surface area (Å²) in [6, 6.07) is -1.10. The second-order valence-corrected chi connectivity index (χ2v) is 13.2. The summed E-state index contributed by atoms with van der Waals surface area (Å²) in [6.45, 7) is 1.83. The minimum absolute atomic E-state index is 0.00230. The zero-order valence-corrected chi connectivity index (χ0v) is 28.6. The van der Waals surface area contributed by atoms with Gasteiger partial charge in [-0.2, -0.15) is 0 Å². The quantitative estimate of drug-likeness (QED) is 0.0783. The number of carbonyl (C=O) groups excluding carboxylic acids is 1. The summed E-state index contributed by atoms with van der Waals surface area (Å²) in [5.41, 5.74) is 27.2. The first kappa shape index (κ1) is 44.9. The van der Waals surface area contributed by atoms with Gasteiger partial charge in [0, 0.05) is 44.6 Å². The molecule has 3 aliphatic heterocycles. The van der Waals surface area contributed by atoms with Crippen LogP contribution in [0.2, 0.25) is 0 Å². The van der Waals surface area contributed by atoms with Crippen molar-refractivity contribution >= 4 is 5.91 Å². The minimum Gasteiger partial charge on any atom is -0.394 e. The lowest BCUT2D eigenvalue weighted by molar-refractivity contribution is -0.238. The molecule has 0 spiro atoms. The molecule has 3 heterocycles. The third kappa shape index (κ3) is 15.4. The summed E-state index contributed by atoms with van der Waals surface area (Å²) in [6.07, 6.45) is -4.60. The van der Waals surface area contributed by atoms with E-state index in [1.54, 1.807) is 0 Å². The highest BCUT2D eigenvalue weighted by molar-refractivity contribution is 5.76. The molecule has 0 bridgehead atoms. The fraction of sp³-hybridized carbons (Fsp3) is 0.967. The summed E-state index contributed by atoms with van der Waals surface area (Å²) in [5, 5.41) is 80.2. The lowest BCUT2D eigenvalue weighted by atomic mass is 9.89. The molecule has 9 unspecified atom stereocenters. The van der Waals surface area contributed by atoms with Crippen molar-refractivity contribution in [3.05, 3.63) is 0 Å². The molecule has 296 valence electrons. The Kier molecular flexibility index (Phi) is 21.0. The monoisotopic (exact) mass is 729 g/mol. The van der Waals surface area contributed by atoms with Crippen LogP contribution < -0.4 is 39.3 Å². The van der Waals surface area contributed by atoms with Gasteiger partial charge >= 0.3 is 0 Å². The number of hydrogen-bond acceptors (Lipinski definition) is 19. The van der Waals surface area contributed by atoms with Gasteiger partial charge in [-0.3, -0.25) is 4.79 Å². The van der Waals surface area contributed by atoms with E-state index >= 15 is 0 Å². The van der Waals surface area contributed by atoms with Crippen LogP contribution in [0.1, 0.15) is 51.4 Å². The van der Waals surface area contributed by atoms with E-state index in [0.29, 0.717) is 25.9 Å². The lowest BCUT2D eigenvalue weighted by Crippen LogP contribution is -2.62. The first-order valence-electron chi connectivity index (χ1n) is 17.3. The molecule has 0 aromatic rings. The van der Waals surface area contributed by atoms with Crippen LogP contribution in [0.4, 0.5) is 0 Å². The van der Waals surface area contributed by atoms with E-state index in [2.05, 4.69) is 10.6 Å². The molecule has 3 saturated heterocycles. The molecule has 4 fully saturated rings. The van der Waals surface area contributed by atoms with Crippen molar-refractivity contribution in [2.45, 2.75) is 143 Å². The number of amides is 1. The molecule has 15 atom stereocenters. The Morgan fingerprint density at radius 3 is 2.22 bits per heavy atom. The van der Waals surface area contributed by atoms with E-state index in [4.69, 9.17) is 57.8 Å². The van der Waals surface area contributed by atoms with Gasteiger partial charge < -0.3 is 99.1 Å². The van der Waals surface area contributed by atoms with Crippen LogP contribution >= 0.6 is 0 Å². The molecule has 1 saturated carbocycles. The summed E-state index contributed by atoms with van der Waals surface area (Å²) in [7, 11) is 0. The molecule has 4 rings (SSSR count). The molecule has 0 radical (unpaired) electrons. The zero-order chi connectivity index (χ0) is 37.4. The maximum absolute atomic E-state index is 11.9. The Morgan fingerprint density at radius 2 is 1.60 bits per heavy atom. The first-order valence-corrected chi connectivity index (χ1v) is 17.3. The third-order valence-corrected chi connectivity index (χ3v) is 8.83. The largest absolute Gasteiger partial charge is 0.394 e. The molecule has 20 nitrogen and oxygen atoms in total. The second-order valence-electron chi connectivity index (χ2n) is 13.2. The van der Waals surface area contributed by atoms with Gasteiger partial charge in [0.25, 0.3) is 0 Å². The molecular formula is C30H63N7O13. The highest BCUT2D eigenvalue weighted by Crippen LogP contribution is 2.27. The minimum atomic E-state index is -1.27. The van der Waals surface area contributed by atoms with E-state index in [9.17, 15) is 35.4 Å². The van der Waals surface area contributed by atoms with E-state index in [0.717, 1.165) is 32.2 Å². The lowest BCUT2D eigenvalue weighted by Gasteiger charge is -2.38. The number of ether oxygens (including phenoxy) is 4. The van der Waals surface area contributed by atoms with Gasteiger partial charge in [-0.1, -0.05) is 0 Å². The number of rotatable bonds is 13. The fourth-order valence-corrected chi connectivity index (χ4v) is 5.98. The number of nitrogens with two attached hydrogens (primary N) is 5. The normalized spacial score (nSPS) is 39.4. The van der Waals surface area contributed by atoms with Crippen LogP contribution in [0.25, 0.3) is 0 Å². The van der Waals surface area contributed by atoms with Gasteiger partial charge in [0.15, 0.2) is 18.9 Å².